The van der Waals surface area contributed by atoms with Crippen LogP contribution in [-0.2, 0) is 23.8 Å². The van der Waals surface area contributed by atoms with Crippen molar-refractivity contribution in [3.8, 4) is 0 Å². The van der Waals surface area contributed by atoms with E-state index in [2.05, 4.69) is 43.5 Å². The average Bonchev–Trinajstić information content (AvgIpc) is 3.42. The molecule has 446 valence electrons. The minimum absolute atomic E-state index is 0.00482. The van der Waals surface area contributed by atoms with E-state index in [4.69, 9.17) is 14.2 Å². The molecule has 0 spiro atoms. The Balaban J connectivity index is 1.99. The van der Waals surface area contributed by atoms with Gasteiger partial charge >= 0.3 is 5.97 Å². The highest BCUT2D eigenvalue weighted by Gasteiger charge is 2.44. The summed E-state index contributed by atoms with van der Waals surface area (Å²) in [6.07, 6.45) is 58.4. The largest absolute Gasteiger partial charge is 0.466 e. The molecule has 0 saturated carbocycles. The minimum Gasteiger partial charge on any atom is -0.466 e. The lowest BCUT2D eigenvalue weighted by atomic mass is 9.99. The van der Waals surface area contributed by atoms with Gasteiger partial charge in [-0.05, 0) is 70.6 Å². The van der Waals surface area contributed by atoms with Crippen molar-refractivity contribution in [2.45, 2.75) is 346 Å². The summed E-state index contributed by atoms with van der Waals surface area (Å²) in [6.45, 7) is 4.30. The number of rotatable bonds is 56. The number of unbranched alkanes of at least 4 members (excludes halogenated alkanes) is 38. The molecule has 11 heteroatoms. The highest BCUT2D eigenvalue weighted by Crippen LogP contribution is 2.23. The second kappa shape index (κ2) is 54.8. The van der Waals surface area contributed by atoms with E-state index in [1.165, 1.54) is 218 Å². The fraction of sp³-hybridized carbons (Fsp3) is 0.877. The second-order valence-electron chi connectivity index (χ2n) is 22.5. The summed E-state index contributed by atoms with van der Waals surface area (Å²) in [7, 11) is 0. The van der Waals surface area contributed by atoms with Crippen molar-refractivity contribution in [2.75, 3.05) is 19.8 Å². The van der Waals surface area contributed by atoms with Crippen molar-refractivity contribution in [3.63, 3.8) is 0 Å². The van der Waals surface area contributed by atoms with Crippen LogP contribution >= 0.6 is 0 Å². The maximum Gasteiger partial charge on any atom is 0.305 e. The Hall–Kier alpha value is -2.12. The van der Waals surface area contributed by atoms with Crippen LogP contribution in [-0.4, -0.2) is 100 Å². The van der Waals surface area contributed by atoms with E-state index in [9.17, 15) is 35.1 Å². The number of aliphatic hydroxyl groups is 5. The molecule has 1 rings (SSSR count). The molecule has 0 aromatic rings. The van der Waals surface area contributed by atoms with Gasteiger partial charge in [-0.1, -0.05) is 256 Å². The first-order chi connectivity index (χ1) is 37.2. The molecule has 0 aromatic carbocycles. The molecule has 6 N–H and O–H groups in total. The summed E-state index contributed by atoms with van der Waals surface area (Å²) >= 11 is 0. The monoisotopic (exact) mass is 1080 g/mol. The van der Waals surface area contributed by atoms with Crippen molar-refractivity contribution in [2.24, 2.45) is 0 Å². The standard InChI is InChI=1S/C65H121NO10/c1-3-5-7-9-11-13-32-37-41-45-49-53-61(70)74-54-50-46-42-38-34-31-29-27-25-23-21-19-17-15-16-18-20-22-24-26-28-30-33-36-40-44-48-52-60(69)66-57(56-75-65-64(73)63(72)62(71)59(55-67)76-65)58(68)51-47-43-39-35-14-12-10-8-6-4-2/h14-16,35,47,51,57-59,62-65,67-68,71-73H,3-13,17-34,36-46,48-50,52-56H2,1-2H3,(H,66,69)/b16-15-,35-14+,51-47+. The van der Waals surface area contributed by atoms with E-state index in [0.29, 0.717) is 19.4 Å². The number of ether oxygens (including phenoxy) is 3. The summed E-state index contributed by atoms with van der Waals surface area (Å²) in [5.41, 5.74) is 0. The van der Waals surface area contributed by atoms with Gasteiger partial charge in [0.15, 0.2) is 6.29 Å². The van der Waals surface area contributed by atoms with Crippen molar-refractivity contribution >= 4 is 11.9 Å². The number of hydrogen-bond donors (Lipinski definition) is 6. The highest BCUT2D eigenvalue weighted by molar-refractivity contribution is 5.76. The third kappa shape index (κ3) is 43.7. The van der Waals surface area contributed by atoms with Crippen molar-refractivity contribution in [1.29, 1.82) is 0 Å². The molecule has 1 aliphatic heterocycles. The van der Waals surface area contributed by atoms with Crippen LogP contribution in [0.2, 0.25) is 0 Å². The average molecular weight is 1080 g/mol. The molecule has 7 unspecified atom stereocenters. The zero-order valence-corrected chi connectivity index (χ0v) is 49.2. The molecule has 1 aliphatic rings. The molecule has 0 aliphatic carbocycles. The Kier molecular flexibility index (Phi) is 51.9. The predicted molar refractivity (Wildman–Crippen MR) is 315 cm³/mol. The van der Waals surface area contributed by atoms with Gasteiger partial charge < -0.3 is 45.1 Å². The molecule has 0 bridgehead atoms. The third-order valence-corrected chi connectivity index (χ3v) is 15.2. The number of carbonyl (C=O) groups is 2. The maximum atomic E-state index is 13.0. The van der Waals surface area contributed by atoms with Crippen LogP contribution in [0.3, 0.4) is 0 Å². The SMILES string of the molecule is CCCCCC/C=C/CC/C=C/C(O)C(COC1OC(CO)C(O)C(O)C1O)NC(=O)CCCCCCCCCCCCC/C=C\CCCCCCCCCCCCCCOC(=O)CCCCCCCCCCCCC. The van der Waals surface area contributed by atoms with Crippen LogP contribution in [0.5, 0.6) is 0 Å². The lowest BCUT2D eigenvalue weighted by Crippen LogP contribution is -2.60. The molecule has 1 saturated heterocycles. The summed E-state index contributed by atoms with van der Waals surface area (Å²) in [4.78, 5) is 25.0. The van der Waals surface area contributed by atoms with Crippen LogP contribution in [0.4, 0.5) is 0 Å². The van der Waals surface area contributed by atoms with Crippen LogP contribution in [0.15, 0.2) is 36.5 Å². The Labute approximate surface area is 466 Å². The lowest BCUT2D eigenvalue weighted by molar-refractivity contribution is -0.302. The molecule has 11 nitrogen and oxygen atoms in total. The van der Waals surface area contributed by atoms with E-state index >= 15 is 0 Å². The molecule has 1 amide bonds. The predicted octanol–water partition coefficient (Wildman–Crippen LogP) is 15.5. The first-order valence-corrected chi connectivity index (χ1v) is 32.3. The van der Waals surface area contributed by atoms with E-state index in [1.54, 1.807) is 6.08 Å². The highest BCUT2D eigenvalue weighted by atomic mass is 16.7. The quantitative estimate of drug-likeness (QED) is 0.0195. The maximum absolute atomic E-state index is 13.0. The van der Waals surface area contributed by atoms with Crippen molar-refractivity contribution in [1.82, 2.24) is 5.32 Å². The van der Waals surface area contributed by atoms with Gasteiger partial charge in [0.05, 0.1) is 32.0 Å². The number of esters is 1. The van der Waals surface area contributed by atoms with Gasteiger partial charge in [-0.25, -0.2) is 0 Å². The fourth-order valence-electron chi connectivity index (χ4n) is 10.1. The molecule has 1 heterocycles. The van der Waals surface area contributed by atoms with Gasteiger partial charge in [0.25, 0.3) is 0 Å². The normalized spacial score (nSPS) is 18.9. The first kappa shape index (κ1) is 71.9. The smallest absolute Gasteiger partial charge is 0.305 e. The van der Waals surface area contributed by atoms with Gasteiger partial charge in [0, 0.05) is 12.8 Å². The zero-order valence-electron chi connectivity index (χ0n) is 49.2. The second-order valence-corrected chi connectivity index (χ2v) is 22.5. The lowest BCUT2D eigenvalue weighted by Gasteiger charge is -2.40. The number of carbonyl (C=O) groups excluding carboxylic acids is 2. The summed E-state index contributed by atoms with van der Waals surface area (Å²) in [5.74, 6) is -0.189. The van der Waals surface area contributed by atoms with Gasteiger partial charge in [0.2, 0.25) is 5.91 Å². The Morgan fingerprint density at radius 1 is 0.474 bits per heavy atom. The van der Waals surface area contributed by atoms with Crippen molar-refractivity contribution in [3.05, 3.63) is 36.5 Å². The molecule has 0 aromatic heterocycles. The molecular formula is C65H121NO10. The third-order valence-electron chi connectivity index (χ3n) is 15.2. The van der Waals surface area contributed by atoms with Crippen LogP contribution in [0.1, 0.15) is 303 Å². The molecule has 7 atom stereocenters. The van der Waals surface area contributed by atoms with Gasteiger partial charge in [-0.2, -0.15) is 0 Å². The number of nitrogens with one attached hydrogen (secondary N) is 1. The van der Waals surface area contributed by atoms with Crippen LogP contribution < -0.4 is 5.32 Å². The minimum atomic E-state index is -1.58. The fourth-order valence-corrected chi connectivity index (χ4v) is 10.1. The molecule has 76 heavy (non-hydrogen) atoms. The molecular weight excluding hydrogens is 955 g/mol. The van der Waals surface area contributed by atoms with Gasteiger partial charge in [-0.15, -0.1) is 0 Å². The Bertz CT molecular complexity index is 1360. The van der Waals surface area contributed by atoms with E-state index in [0.717, 1.165) is 57.8 Å². The molecule has 1 fully saturated rings. The Morgan fingerprint density at radius 2 is 0.855 bits per heavy atom. The van der Waals surface area contributed by atoms with E-state index in [-0.39, 0.29) is 18.5 Å². The first-order valence-electron chi connectivity index (χ1n) is 32.3. The summed E-state index contributed by atoms with van der Waals surface area (Å²) in [5, 5.41) is 54.2. The number of hydrogen-bond acceptors (Lipinski definition) is 10. The number of allylic oxidation sites excluding steroid dienone is 5. The van der Waals surface area contributed by atoms with Crippen molar-refractivity contribution < 1.29 is 49.3 Å². The summed E-state index contributed by atoms with van der Waals surface area (Å²) < 4.78 is 16.7. The van der Waals surface area contributed by atoms with Gasteiger partial charge in [0.1, 0.15) is 24.4 Å². The van der Waals surface area contributed by atoms with Crippen LogP contribution in [0.25, 0.3) is 0 Å². The van der Waals surface area contributed by atoms with Gasteiger partial charge in [-0.3, -0.25) is 9.59 Å². The molecule has 0 radical (unpaired) electrons. The Morgan fingerprint density at radius 3 is 1.32 bits per heavy atom. The number of aliphatic hydroxyl groups excluding tert-OH is 5. The van der Waals surface area contributed by atoms with Crippen LogP contribution in [0, 0.1) is 0 Å². The van der Waals surface area contributed by atoms with E-state index in [1.807, 2.05) is 6.08 Å². The zero-order chi connectivity index (χ0) is 55.2. The topological polar surface area (TPSA) is 175 Å². The summed E-state index contributed by atoms with van der Waals surface area (Å²) in [6, 6.07) is -0.827. The number of amides is 1. The van der Waals surface area contributed by atoms with E-state index < -0.39 is 49.5 Å².